The number of rotatable bonds is 5. The number of benzene rings is 2. The van der Waals surface area contributed by atoms with Crippen molar-refractivity contribution in [3.63, 3.8) is 0 Å². The molecule has 0 saturated heterocycles. The molecular formula is C22H24N4O2. The Hall–Kier alpha value is -3.02. The predicted octanol–water partition coefficient (Wildman–Crippen LogP) is 4.72. The number of hydrogen-bond donors (Lipinski definition) is 2. The van der Waals surface area contributed by atoms with Gasteiger partial charge in [-0.3, -0.25) is 0 Å². The average molecular weight is 376 g/mol. The third kappa shape index (κ3) is 3.54. The maximum absolute atomic E-state index is 5.46. The van der Waals surface area contributed by atoms with Gasteiger partial charge in [0.1, 0.15) is 5.82 Å². The molecule has 6 heteroatoms. The number of aromatic nitrogens is 2. The minimum Gasteiger partial charge on any atom is -0.454 e. The van der Waals surface area contributed by atoms with Gasteiger partial charge in [-0.2, -0.15) is 4.98 Å². The van der Waals surface area contributed by atoms with E-state index in [4.69, 9.17) is 19.4 Å². The summed E-state index contributed by atoms with van der Waals surface area (Å²) in [6.45, 7) is 0.911. The van der Waals surface area contributed by atoms with Crippen LogP contribution in [0.5, 0.6) is 11.5 Å². The van der Waals surface area contributed by atoms with Crippen LogP contribution in [0.25, 0.3) is 10.9 Å². The number of ether oxygens (including phenoxy) is 2. The Kier molecular flexibility index (Phi) is 4.61. The van der Waals surface area contributed by atoms with Crippen molar-refractivity contribution in [2.45, 2.75) is 44.7 Å². The summed E-state index contributed by atoms with van der Waals surface area (Å²) in [5, 5.41) is 8.10. The molecule has 5 rings (SSSR count). The van der Waals surface area contributed by atoms with E-state index in [0.29, 0.717) is 18.5 Å². The summed E-state index contributed by atoms with van der Waals surface area (Å²) in [7, 11) is 0. The number of nitrogens with zero attached hydrogens (tertiary/aromatic N) is 2. The summed E-state index contributed by atoms with van der Waals surface area (Å²) in [6.07, 6.45) is 6.33. The molecule has 2 aromatic carbocycles. The Balaban J connectivity index is 1.38. The lowest BCUT2D eigenvalue weighted by molar-refractivity contribution is 0.174. The van der Waals surface area contributed by atoms with Gasteiger partial charge in [-0.15, -0.1) is 0 Å². The second kappa shape index (κ2) is 7.54. The van der Waals surface area contributed by atoms with Gasteiger partial charge < -0.3 is 20.1 Å². The van der Waals surface area contributed by atoms with Gasteiger partial charge in [-0.05, 0) is 42.7 Å². The van der Waals surface area contributed by atoms with Crippen LogP contribution in [-0.4, -0.2) is 22.8 Å². The third-order valence-electron chi connectivity index (χ3n) is 5.44. The van der Waals surface area contributed by atoms with Gasteiger partial charge in [-0.1, -0.05) is 37.5 Å². The molecule has 1 aromatic heterocycles. The zero-order valence-corrected chi connectivity index (χ0v) is 15.8. The Labute approximate surface area is 164 Å². The van der Waals surface area contributed by atoms with E-state index in [1.807, 2.05) is 36.4 Å². The normalized spacial score (nSPS) is 16.3. The first-order chi connectivity index (χ1) is 13.8. The van der Waals surface area contributed by atoms with Gasteiger partial charge in [0.2, 0.25) is 12.7 Å². The second-order valence-electron chi connectivity index (χ2n) is 7.43. The standard InChI is InChI=1S/C22H24N4O2/c1-2-6-16(7-3-1)24-21-17-8-4-5-9-18(17)25-22(26-21)23-13-15-10-11-19-20(12-15)28-14-27-19/h4-5,8-12,16H,1-3,6-7,13-14H2,(H2,23,24,25,26). The SMILES string of the molecule is c1ccc2c(NC3CCCCC3)nc(NCc3ccc4c(c3)OCO4)nc2c1. The molecular weight excluding hydrogens is 352 g/mol. The van der Waals surface area contributed by atoms with Crippen molar-refractivity contribution >= 4 is 22.7 Å². The van der Waals surface area contributed by atoms with E-state index in [9.17, 15) is 0 Å². The van der Waals surface area contributed by atoms with Crippen molar-refractivity contribution < 1.29 is 9.47 Å². The van der Waals surface area contributed by atoms with Crippen LogP contribution in [0.4, 0.5) is 11.8 Å². The predicted molar refractivity (Wildman–Crippen MR) is 110 cm³/mol. The van der Waals surface area contributed by atoms with Crippen LogP contribution in [0, 0.1) is 0 Å². The molecule has 28 heavy (non-hydrogen) atoms. The first-order valence-electron chi connectivity index (χ1n) is 10.0. The zero-order chi connectivity index (χ0) is 18.8. The summed E-state index contributed by atoms with van der Waals surface area (Å²) in [4.78, 5) is 9.49. The molecule has 1 saturated carbocycles. The largest absolute Gasteiger partial charge is 0.454 e. The van der Waals surface area contributed by atoms with Gasteiger partial charge in [0.25, 0.3) is 0 Å². The van der Waals surface area contributed by atoms with Crippen molar-refractivity contribution in [2.24, 2.45) is 0 Å². The van der Waals surface area contributed by atoms with E-state index in [-0.39, 0.29) is 6.79 Å². The molecule has 1 aliphatic heterocycles. The summed E-state index contributed by atoms with van der Waals surface area (Å²) in [6, 6.07) is 14.6. The summed E-state index contributed by atoms with van der Waals surface area (Å²) >= 11 is 0. The monoisotopic (exact) mass is 376 g/mol. The molecule has 0 atom stereocenters. The second-order valence-corrected chi connectivity index (χ2v) is 7.43. The molecule has 0 radical (unpaired) electrons. The van der Waals surface area contributed by atoms with Crippen molar-refractivity contribution in [2.75, 3.05) is 17.4 Å². The van der Waals surface area contributed by atoms with Gasteiger partial charge in [0.15, 0.2) is 11.5 Å². The highest BCUT2D eigenvalue weighted by Gasteiger charge is 2.17. The fraction of sp³-hybridized carbons (Fsp3) is 0.364. The molecule has 0 amide bonds. The first-order valence-corrected chi connectivity index (χ1v) is 10.0. The average Bonchev–Trinajstić information content (AvgIpc) is 3.21. The van der Waals surface area contributed by atoms with E-state index < -0.39 is 0 Å². The smallest absolute Gasteiger partial charge is 0.231 e. The summed E-state index contributed by atoms with van der Waals surface area (Å²) in [5.74, 6) is 3.14. The number of nitrogens with one attached hydrogen (secondary N) is 2. The molecule has 1 aliphatic carbocycles. The van der Waals surface area contributed by atoms with E-state index in [1.54, 1.807) is 0 Å². The van der Waals surface area contributed by atoms with Crippen LogP contribution < -0.4 is 20.1 Å². The summed E-state index contributed by atoms with van der Waals surface area (Å²) < 4.78 is 10.8. The van der Waals surface area contributed by atoms with Gasteiger partial charge in [0.05, 0.1) is 5.52 Å². The molecule has 2 heterocycles. The molecule has 2 N–H and O–H groups in total. The fourth-order valence-electron chi connectivity index (χ4n) is 3.94. The minimum atomic E-state index is 0.288. The van der Waals surface area contributed by atoms with Gasteiger partial charge in [-0.25, -0.2) is 4.98 Å². The van der Waals surface area contributed by atoms with Gasteiger partial charge >= 0.3 is 0 Å². The van der Waals surface area contributed by atoms with E-state index in [1.165, 1.54) is 32.1 Å². The van der Waals surface area contributed by atoms with Crippen molar-refractivity contribution in [3.8, 4) is 11.5 Å². The molecule has 3 aromatic rings. The Morgan fingerprint density at radius 1 is 0.929 bits per heavy atom. The number of anilines is 2. The lowest BCUT2D eigenvalue weighted by Crippen LogP contribution is -2.23. The number of fused-ring (bicyclic) bond motifs is 2. The maximum atomic E-state index is 5.46. The van der Waals surface area contributed by atoms with Crippen LogP contribution in [0.2, 0.25) is 0 Å². The molecule has 2 aliphatic rings. The lowest BCUT2D eigenvalue weighted by Gasteiger charge is -2.24. The third-order valence-corrected chi connectivity index (χ3v) is 5.44. The Morgan fingerprint density at radius 3 is 2.71 bits per heavy atom. The van der Waals surface area contributed by atoms with Crippen LogP contribution >= 0.6 is 0 Å². The lowest BCUT2D eigenvalue weighted by atomic mass is 9.95. The minimum absolute atomic E-state index is 0.288. The van der Waals surface area contributed by atoms with E-state index in [0.717, 1.165) is 33.8 Å². The van der Waals surface area contributed by atoms with Crippen LogP contribution in [0.15, 0.2) is 42.5 Å². The quantitative estimate of drug-likeness (QED) is 0.672. The highest BCUT2D eigenvalue weighted by Crippen LogP contribution is 2.33. The topological polar surface area (TPSA) is 68.3 Å². The van der Waals surface area contributed by atoms with E-state index >= 15 is 0 Å². The van der Waals surface area contributed by atoms with Gasteiger partial charge in [0, 0.05) is 18.0 Å². The van der Waals surface area contributed by atoms with Crippen LogP contribution in [-0.2, 0) is 6.54 Å². The maximum Gasteiger partial charge on any atom is 0.231 e. The van der Waals surface area contributed by atoms with Crippen molar-refractivity contribution in [1.29, 1.82) is 0 Å². The molecule has 144 valence electrons. The molecule has 0 bridgehead atoms. The number of para-hydroxylation sites is 1. The zero-order valence-electron chi connectivity index (χ0n) is 15.8. The van der Waals surface area contributed by atoms with E-state index in [2.05, 4.69) is 16.7 Å². The van der Waals surface area contributed by atoms with Crippen molar-refractivity contribution in [1.82, 2.24) is 9.97 Å². The van der Waals surface area contributed by atoms with Crippen molar-refractivity contribution in [3.05, 3.63) is 48.0 Å². The Morgan fingerprint density at radius 2 is 1.79 bits per heavy atom. The molecule has 1 fully saturated rings. The summed E-state index contributed by atoms with van der Waals surface area (Å²) in [5.41, 5.74) is 2.05. The molecule has 0 unspecified atom stereocenters. The Bertz CT molecular complexity index is 985. The molecule has 0 spiro atoms. The highest BCUT2D eigenvalue weighted by atomic mass is 16.7. The number of hydrogen-bond acceptors (Lipinski definition) is 6. The molecule has 6 nitrogen and oxygen atoms in total. The highest BCUT2D eigenvalue weighted by molar-refractivity contribution is 5.90. The first kappa shape index (κ1) is 17.1. The van der Waals surface area contributed by atoms with Crippen LogP contribution in [0.1, 0.15) is 37.7 Å². The fourth-order valence-corrected chi connectivity index (χ4v) is 3.94. The van der Waals surface area contributed by atoms with Crippen LogP contribution in [0.3, 0.4) is 0 Å².